The summed E-state index contributed by atoms with van der Waals surface area (Å²) in [6.07, 6.45) is 2.01. The summed E-state index contributed by atoms with van der Waals surface area (Å²) in [6.45, 7) is 4.07. The highest BCUT2D eigenvalue weighted by Crippen LogP contribution is 2.14. The van der Waals surface area contributed by atoms with Gasteiger partial charge in [0.2, 0.25) is 0 Å². The van der Waals surface area contributed by atoms with Gasteiger partial charge in [0.25, 0.3) is 0 Å². The summed E-state index contributed by atoms with van der Waals surface area (Å²) in [6, 6.07) is 8.01. The van der Waals surface area contributed by atoms with Gasteiger partial charge in [-0.05, 0) is 25.0 Å². The third-order valence-corrected chi connectivity index (χ3v) is 2.97. The number of anilines is 1. The second-order valence-corrected chi connectivity index (χ2v) is 4.41. The van der Waals surface area contributed by atoms with E-state index in [2.05, 4.69) is 9.97 Å². The second-order valence-electron chi connectivity index (χ2n) is 4.41. The van der Waals surface area contributed by atoms with Crippen LogP contribution in [0.4, 0.5) is 5.82 Å². The third kappa shape index (κ3) is 3.12. The van der Waals surface area contributed by atoms with Crippen molar-refractivity contribution in [1.29, 1.82) is 0 Å². The number of carbonyl (C=O) groups excluding carboxylic acids is 1. The van der Waals surface area contributed by atoms with Crippen LogP contribution >= 0.6 is 0 Å². The van der Waals surface area contributed by atoms with Crippen molar-refractivity contribution in [2.75, 3.05) is 12.3 Å². The van der Waals surface area contributed by atoms with E-state index in [1.54, 1.807) is 6.92 Å². The van der Waals surface area contributed by atoms with Crippen LogP contribution in [0.5, 0.6) is 0 Å². The van der Waals surface area contributed by atoms with E-state index in [0.717, 1.165) is 5.56 Å². The summed E-state index contributed by atoms with van der Waals surface area (Å²) in [4.78, 5) is 20.0. The average Bonchev–Trinajstić information content (AvgIpc) is 2.42. The Balaban J connectivity index is 2.21. The summed E-state index contributed by atoms with van der Waals surface area (Å²) < 4.78 is 4.89. The molecule has 0 bridgehead atoms. The van der Waals surface area contributed by atoms with Gasteiger partial charge in [0, 0.05) is 12.6 Å². The number of benzene rings is 1. The summed E-state index contributed by atoms with van der Waals surface area (Å²) in [5, 5.41) is 0. The number of nitrogens with zero attached hydrogens (tertiary/aromatic N) is 2. The van der Waals surface area contributed by atoms with Crippen molar-refractivity contribution in [1.82, 2.24) is 9.97 Å². The molecule has 5 nitrogen and oxygen atoms in total. The summed E-state index contributed by atoms with van der Waals surface area (Å²) in [7, 11) is 0. The molecule has 2 rings (SSSR count). The fourth-order valence-electron chi connectivity index (χ4n) is 1.86. The Morgan fingerprint density at radius 2 is 2.10 bits per heavy atom. The van der Waals surface area contributed by atoms with Crippen molar-refractivity contribution in [3.05, 3.63) is 53.0 Å². The molecular formula is C15H17N3O2. The zero-order valence-electron chi connectivity index (χ0n) is 11.6. The number of esters is 1. The fourth-order valence-corrected chi connectivity index (χ4v) is 1.86. The topological polar surface area (TPSA) is 78.1 Å². The van der Waals surface area contributed by atoms with Gasteiger partial charge < -0.3 is 10.5 Å². The van der Waals surface area contributed by atoms with Gasteiger partial charge in [-0.1, -0.05) is 24.3 Å². The molecule has 1 aromatic carbocycles. The molecule has 0 unspecified atom stereocenters. The third-order valence-electron chi connectivity index (χ3n) is 2.97. The Morgan fingerprint density at radius 1 is 1.35 bits per heavy atom. The maximum Gasteiger partial charge on any atom is 0.343 e. The monoisotopic (exact) mass is 271 g/mol. The number of hydrogen-bond donors (Lipinski definition) is 1. The molecule has 0 spiro atoms. The van der Waals surface area contributed by atoms with E-state index in [1.807, 2.05) is 31.2 Å². The predicted octanol–water partition coefficient (Wildman–Crippen LogP) is 2.13. The lowest BCUT2D eigenvalue weighted by atomic mass is 10.1. The van der Waals surface area contributed by atoms with E-state index in [4.69, 9.17) is 10.5 Å². The highest BCUT2D eigenvalue weighted by molar-refractivity contribution is 5.93. The van der Waals surface area contributed by atoms with Crippen LogP contribution in [0.2, 0.25) is 0 Å². The number of aromatic nitrogens is 2. The minimum atomic E-state index is -0.493. The molecule has 0 atom stereocenters. The number of rotatable bonds is 4. The highest BCUT2D eigenvalue weighted by atomic mass is 16.5. The van der Waals surface area contributed by atoms with Crippen molar-refractivity contribution < 1.29 is 9.53 Å². The molecule has 0 aliphatic carbocycles. The number of ether oxygens (including phenoxy) is 1. The number of nitrogen functional groups attached to an aromatic ring is 1. The largest absolute Gasteiger partial charge is 0.462 e. The summed E-state index contributed by atoms with van der Waals surface area (Å²) in [5.41, 5.74) is 8.31. The Morgan fingerprint density at radius 3 is 2.75 bits per heavy atom. The molecule has 0 saturated heterocycles. The Bertz CT molecular complexity index is 626. The molecule has 0 fully saturated rings. The van der Waals surface area contributed by atoms with Crippen LogP contribution in [0.3, 0.4) is 0 Å². The zero-order chi connectivity index (χ0) is 14.5. The van der Waals surface area contributed by atoms with Crippen molar-refractivity contribution in [2.45, 2.75) is 20.3 Å². The van der Waals surface area contributed by atoms with Crippen LogP contribution in [0.25, 0.3) is 0 Å². The van der Waals surface area contributed by atoms with Crippen molar-refractivity contribution in [3.63, 3.8) is 0 Å². The molecule has 5 heteroatoms. The van der Waals surface area contributed by atoms with E-state index in [9.17, 15) is 4.79 Å². The van der Waals surface area contributed by atoms with Gasteiger partial charge in [-0.15, -0.1) is 0 Å². The molecule has 1 aromatic heterocycles. The lowest BCUT2D eigenvalue weighted by molar-refractivity contribution is 0.0526. The molecule has 0 radical (unpaired) electrons. The maximum atomic E-state index is 11.6. The molecule has 0 aliphatic rings. The molecule has 104 valence electrons. The Hall–Kier alpha value is -2.43. The first-order chi connectivity index (χ1) is 9.61. The van der Waals surface area contributed by atoms with Crippen molar-refractivity contribution >= 4 is 11.8 Å². The summed E-state index contributed by atoms with van der Waals surface area (Å²) in [5.74, 6) is 0.249. The first kappa shape index (κ1) is 14.0. The van der Waals surface area contributed by atoms with Crippen LogP contribution in [0.1, 0.15) is 34.2 Å². The zero-order valence-corrected chi connectivity index (χ0v) is 11.6. The molecule has 0 amide bonds. The number of nitrogens with two attached hydrogens (primary N) is 1. The van der Waals surface area contributed by atoms with Gasteiger partial charge in [-0.2, -0.15) is 0 Å². The van der Waals surface area contributed by atoms with Crippen LogP contribution in [-0.4, -0.2) is 22.5 Å². The van der Waals surface area contributed by atoms with Gasteiger partial charge in [0.05, 0.1) is 6.61 Å². The van der Waals surface area contributed by atoms with E-state index in [0.29, 0.717) is 18.9 Å². The standard InChI is InChI=1S/C15H17N3O2/c1-3-20-15(19)12-9-17-13(18-14(12)16)8-11-7-5-4-6-10(11)2/h4-7,9H,3,8H2,1-2H3,(H2,16,17,18). The quantitative estimate of drug-likeness (QED) is 0.862. The predicted molar refractivity (Wildman–Crippen MR) is 76.4 cm³/mol. The minimum absolute atomic E-state index is 0.155. The molecule has 1 heterocycles. The lowest BCUT2D eigenvalue weighted by Crippen LogP contribution is -2.12. The Kier molecular flexibility index (Phi) is 4.30. The molecule has 2 aromatic rings. The normalized spacial score (nSPS) is 10.3. The lowest BCUT2D eigenvalue weighted by Gasteiger charge is -2.07. The maximum absolute atomic E-state index is 11.6. The second kappa shape index (κ2) is 6.14. The van der Waals surface area contributed by atoms with E-state index < -0.39 is 5.97 Å². The number of aryl methyl sites for hydroxylation is 1. The highest BCUT2D eigenvalue weighted by Gasteiger charge is 2.13. The van der Waals surface area contributed by atoms with Crippen LogP contribution in [-0.2, 0) is 11.2 Å². The first-order valence-electron chi connectivity index (χ1n) is 6.44. The van der Waals surface area contributed by atoms with Crippen LogP contribution < -0.4 is 5.73 Å². The molecule has 2 N–H and O–H groups in total. The van der Waals surface area contributed by atoms with E-state index in [1.165, 1.54) is 11.8 Å². The van der Waals surface area contributed by atoms with Gasteiger partial charge in [0.1, 0.15) is 17.2 Å². The van der Waals surface area contributed by atoms with Gasteiger partial charge >= 0.3 is 5.97 Å². The fraction of sp³-hybridized carbons (Fsp3) is 0.267. The molecule has 20 heavy (non-hydrogen) atoms. The van der Waals surface area contributed by atoms with Crippen LogP contribution in [0, 0.1) is 6.92 Å². The number of hydrogen-bond acceptors (Lipinski definition) is 5. The van der Waals surface area contributed by atoms with E-state index >= 15 is 0 Å². The SMILES string of the molecule is CCOC(=O)c1cnc(Cc2ccccc2C)nc1N. The van der Waals surface area contributed by atoms with E-state index in [-0.39, 0.29) is 11.4 Å². The minimum Gasteiger partial charge on any atom is -0.462 e. The first-order valence-corrected chi connectivity index (χ1v) is 6.44. The average molecular weight is 271 g/mol. The molecular weight excluding hydrogens is 254 g/mol. The molecule has 0 aliphatic heterocycles. The number of carbonyl (C=O) groups is 1. The van der Waals surface area contributed by atoms with Gasteiger partial charge in [-0.25, -0.2) is 14.8 Å². The van der Waals surface area contributed by atoms with Gasteiger partial charge in [-0.3, -0.25) is 0 Å². The van der Waals surface area contributed by atoms with Crippen molar-refractivity contribution in [3.8, 4) is 0 Å². The molecule has 0 saturated carbocycles. The van der Waals surface area contributed by atoms with Crippen LogP contribution in [0.15, 0.2) is 30.5 Å². The van der Waals surface area contributed by atoms with Crippen molar-refractivity contribution in [2.24, 2.45) is 0 Å². The van der Waals surface area contributed by atoms with Gasteiger partial charge in [0.15, 0.2) is 0 Å². The Labute approximate surface area is 117 Å². The smallest absolute Gasteiger partial charge is 0.343 e. The summed E-state index contributed by atoms with van der Waals surface area (Å²) >= 11 is 0.